The van der Waals surface area contributed by atoms with Gasteiger partial charge in [0.1, 0.15) is 0 Å². The molecule has 25 heavy (non-hydrogen) atoms. The lowest BCUT2D eigenvalue weighted by Gasteiger charge is -2.11. The number of hydrogen-bond donors (Lipinski definition) is 3. The molecule has 0 aliphatic heterocycles. The minimum absolute atomic E-state index is 0.235. The van der Waals surface area contributed by atoms with Crippen molar-refractivity contribution in [3.8, 4) is 17.0 Å². The summed E-state index contributed by atoms with van der Waals surface area (Å²) in [5.74, 6) is 0.143. The summed E-state index contributed by atoms with van der Waals surface area (Å²) in [7, 11) is 1.73. The van der Waals surface area contributed by atoms with Gasteiger partial charge in [-0.3, -0.25) is 0 Å². The van der Waals surface area contributed by atoms with Crippen LogP contribution in [0.3, 0.4) is 0 Å². The number of rotatable bonds is 8. The van der Waals surface area contributed by atoms with Crippen LogP contribution in [0.25, 0.3) is 11.3 Å². The van der Waals surface area contributed by atoms with Gasteiger partial charge in [-0.15, -0.1) is 0 Å². The summed E-state index contributed by atoms with van der Waals surface area (Å²) in [5.41, 5.74) is 2.58. The number of anilines is 1. The lowest BCUT2D eigenvalue weighted by atomic mass is 10.1. The van der Waals surface area contributed by atoms with Gasteiger partial charge in [0, 0.05) is 31.2 Å². The maximum absolute atomic E-state index is 14.2. The monoisotopic (exact) mass is 343 g/mol. The van der Waals surface area contributed by atoms with Crippen LogP contribution in [0.4, 0.5) is 10.3 Å². The van der Waals surface area contributed by atoms with Crippen molar-refractivity contribution in [1.82, 2.24) is 15.3 Å². The highest BCUT2D eigenvalue weighted by Gasteiger charge is 2.11. The Labute approximate surface area is 146 Å². The second-order valence-electron chi connectivity index (χ2n) is 5.38. The summed E-state index contributed by atoms with van der Waals surface area (Å²) in [6, 6.07) is 4.79. The number of hydrogen-bond acceptors (Lipinski definition) is 6. The van der Waals surface area contributed by atoms with Crippen molar-refractivity contribution in [3.63, 3.8) is 0 Å². The quantitative estimate of drug-likeness (QED) is 0.639. The molecule has 2 aromatic rings. The molecule has 1 aromatic heterocycles. The molecule has 1 heterocycles. The summed E-state index contributed by atoms with van der Waals surface area (Å²) < 4.78 is 19.6. The molecule has 0 spiro atoms. The Balaban J connectivity index is 2.32. The number of nitrogens with one attached hydrogen (secondary N) is 3. The number of ether oxygens (including phenoxy) is 1. The Hall–Kier alpha value is -2.96. The summed E-state index contributed by atoms with van der Waals surface area (Å²) in [6.07, 6.45) is 5.25. The molecule has 0 saturated carbocycles. The van der Waals surface area contributed by atoms with Gasteiger partial charge in [-0.05, 0) is 37.1 Å². The second-order valence-corrected chi connectivity index (χ2v) is 5.38. The average molecular weight is 343 g/mol. The van der Waals surface area contributed by atoms with Crippen molar-refractivity contribution < 1.29 is 9.13 Å². The molecule has 0 atom stereocenters. The van der Waals surface area contributed by atoms with Gasteiger partial charge in [0.15, 0.2) is 11.6 Å². The van der Waals surface area contributed by atoms with Crippen molar-refractivity contribution in [3.05, 3.63) is 47.7 Å². The van der Waals surface area contributed by atoms with Gasteiger partial charge in [-0.1, -0.05) is 6.92 Å². The van der Waals surface area contributed by atoms with Crippen molar-refractivity contribution in [2.75, 3.05) is 19.0 Å². The minimum Gasteiger partial charge on any atom is -0.491 e. The first-order chi connectivity index (χ1) is 12.1. The first-order valence-electron chi connectivity index (χ1n) is 8.00. The molecule has 7 heteroatoms. The predicted molar refractivity (Wildman–Crippen MR) is 97.5 cm³/mol. The largest absolute Gasteiger partial charge is 0.491 e. The van der Waals surface area contributed by atoms with Gasteiger partial charge >= 0.3 is 0 Å². The topological polar surface area (TPSA) is 82.9 Å². The maximum Gasteiger partial charge on any atom is 0.227 e. The number of nitrogens with zero attached hydrogens (tertiary/aromatic N) is 2. The highest BCUT2D eigenvalue weighted by molar-refractivity contribution is 5.79. The molecule has 132 valence electrons. The van der Waals surface area contributed by atoms with Gasteiger partial charge in [-0.25, -0.2) is 14.4 Å². The highest BCUT2D eigenvalue weighted by atomic mass is 19.1. The van der Waals surface area contributed by atoms with Gasteiger partial charge in [0.25, 0.3) is 0 Å². The Kier molecular flexibility index (Phi) is 6.45. The van der Waals surface area contributed by atoms with Crippen LogP contribution < -0.4 is 15.4 Å². The molecular formula is C18H22FN5O. The van der Waals surface area contributed by atoms with E-state index >= 15 is 0 Å². The fourth-order valence-electron chi connectivity index (χ4n) is 2.17. The fraction of sp³-hybridized carbons (Fsp3) is 0.278. The molecule has 0 radical (unpaired) electrons. The number of benzene rings is 1. The molecule has 1 aromatic carbocycles. The van der Waals surface area contributed by atoms with Crippen LogP contribution in [-0.4, -0.2) is 29.8 Å². The number of halogens is 1. The lowest BCUT2D eigenvalue weighted by molar-refractivity contribution is 0.301. The zero-order valence-electron chi connectivity index (χ0n) is 14.6. The third-order valence-electron chi connectivity index (χ3n) is 3.35. The van der Waals surface area contributed by atoms with E-state index in [4.69, 9.17) is 10.1 Å². The van der Waals surface area contributed by atoms with E-state index in [1.807, 2.05) is 13.8 Å². The van der Waals surface area contributed by atoms with Crippen LogP contribution in [0, 0.1) is 18.2 Å². The van der Waals surface area contributed by atoms with Gasteiger partial charge < -0.3 is 20.8 Å². The van der Waals surface area contributed by atoms with Crippen LogP contribution in [0.5, 0.6) is 5.75 Å². The molecule has 0 aliphatic carbocycles. The van der Waals surface area contributed by atoms with Crippen molar-refractivity contribution in [2.45, 2.75) is 20.3 Å². The molecule has 0 bridgehead atoms. The first-order valence-corrected chi connectivity index (χ1v) is 8.00. The molecule has 0 amide bonds. The van der Waals surface area contributed by atoms with Crippen LogP contribution in [0.15, 0.2) is 36.3 Å². The molecule has 0 saturated heterocycles. The van der Waals surface area contributed by atoms with Gasteiger partial charge in [0.2, 0.25) is 5.95 Å². The second kappa shape index (κ2) is 8.77. The standard InChI is InChI=1S/C18H22FN5O/c1-4-7-25-16-6-5-13(8-15(16)19)17-12(2)10-22-18(24-17)23-14(9-20)11-21-3/h5-6,8-11,20-21H,4,7H2,1-3H3,(H,22,23,24)/b14-11+,20-9?. The van der Waals surface area contributed by atoms with E-state index in [-0.39, 0.29) is 5.75 Å². The third kappa shape index (κ3) is 4.76. The van der Waals surface area contributed by atoms with E-state index in [9.17, 15) is 4.39 Å². The van der Waals surface area contributed by atoms with E-state index in [0.29, 0.717) is 29.5 Å². The Morgan fingerprint density at radius 1 is 1.40 bits per heavy atom. The normalized spacial score (nSPS) is 11.1. The molecule has 2 rings (SSSR count). The van der Waals surface area contributed by atoms with Crippen LogP contribution in [-0.2, 0) is 0 Å². The zero-order chi connectivity index (χ0) is 18.2. The van der Waals surface area contributed by atoms with Gasteiger partial charge in [-0.2, -0.15) is 0 Å². The van der Waals surface area contributed by atoms with Crippen molar-refractivity contribution in [1.29, 1.82) is 5.41 Å². The molecule has 0 aliphatic rings. The molecular weight excluding hydrogens is 321 g/mol. The van der Waals surface area contributed by atoms with E-state index in [1.165, 1.54) is 6.07 Å². The molecule has 0 unspecified atom stereocenters. The highest BCUT2D eigenvalue weighted by Crippen LogP contribution is 2.27. The smallest absolute Gasteiger partial charge is 0.227 e. The zero-order valence-corrected chi connectivity index (χ0v) is 14.6. The minimum atomic E-state index is -0.422. The van der Waals surface area contributed by atoms with Crippen molar-refractivity contribution in [2.24, 2.45) is 0 Å². The number of aromatic nitrogens is 2. The Bertz CT molecular complexity index is 776. The third-order valence-corrected chi connectivity index (χ3v) is 3.35. The van der Waals surface area contributed by atoms with Crippen LogP contribution in [0.2, 0.25) is 0 Å². The molecule has 6 nitrogen and oxygen atoms in total. The summed E-state index contributed by atoms with van der Waals surface area (Å²) in [6.45, 7) is 4.30. The SMILES string of the molecule is CCCOc1ccc(-c2nc(N/C(C=N)=C/NC)ncc2C)cc1F. The Morgan fingerprint density at radius 3 is 2.84 bits per heavy atom. The maximum atomic E-state index is 14.2. The fourth-order valence-corrected chi connectivity index (χ4v) is 2.17. The van der Waals surface area contributed by atoms with E-state index in [2.05, 4.69) is 20.6 Å². The summed E-state index contributed by atoms with van der Waals surface area (Å²) in [4.78, 5) is 8.65. The van der Waals surface area contributed by atoms with E-state index < -0.39 is 5.82 Å². The van der Waals surface area contributed by atoms with Crippen LogP contribution in [0.1, 0.15) is 18.9 Å². The van der Waals surface area contributed by atoms with Crippen molar-refractivity contribution >= 4 is 12.2 Å². The summed E-state index contributed by atoms with van der Waals surface area (Å²) in [5, 5.41) is 13.1. The predicted octanol–water partition coefficient (Wildman–Crippen LogP) is 3.50. The van der Waals surface area contributed by atoms with E-state index in [1.54, 1.807) is 31.6 Å². The number of allylic oxidation sites excluding steroid dienone is 1. The number of aryl methyl sites for hydroxylation is 1. The molecule has 3 N–H and O–H groups in total. The average Bonchev–Trinajstić information content (AvgIpc) is 2.61. The first kappa shape index (κ1) is 18.4. The summed E-state index contributed by atoms with van der Waals surface area (Å²) >= 11 is 0. The molecule has 0 fully saturated rings. The Morgan fingerprint density at radius 2 is 2.20 bits per heavy atom. The van der Waals surface area contributed by atoms with Crippen LogP contribution >= 0.6 is 0 Å². The lowest BCUT2D eigenvalue weighted by Crippen LogP contribution is -2.09. The van der Waals surface area contributed by atoms with Gasteiger partial charge in [0.05, 0.1) is 18.0 Å². The van der Waals surface area contributed by atoms with E-state index in [0.717, 1.165) is 18.2 Å².